The summed E-state index contributed by atoms with van der Waals surface area (Å²) in [6.45, 7) is 13.1. The zero-order valence-electron chi connectivity index (χ0n) is 10.6. The van der Waals surface area contributed by atoms with Crippen LogP contribution in [0.25, 0.3) is 0 Å². The molecule has 1 nitrogen and oxygen atoms in total. The average Bonchev–Trinajstić information content (AvgIpc) is 2.85. The molecule has 3 unspecified atom stereocenters. The van der Waals surface area contributed by atoms with Crippen molar-refractivity contribution in [3.63, 3.8) is 0 Å². The lowest BCUT2D eigenvalue weighted by Crippen LogP contribution is -2.24. The zero-order valence-corrected chi connectivity index (χ0v) is 10.6. The fourth-order valence-corrected chi connectivity index (χ4v) is 2.05. The molecule has 1 saturated heterocycles. The molecule has 0 aromatic heterocycles. The predicted molar refractivity (Wildman–Crippen MR) is 63.4 cm³/mol. The van der Waals surface area contributed by atoms with E-state index >= 15 is 0 Å². The lowest BCUT2D eigenvalue weighted by molar-refractivity contribution is 0.185. The minimum absolute atomic E-state index is 0.480. The average molecular weight is 197 g/mol. The van der Waals surface area contributed by atoms with Gasteiger partial charge in [0.1, 0.15) is 0 Å². The summed E-state index contributed by atoms with van der Waals surface area (Å²) in [6.07, 6.45) is 4.11. The van der Waals surface area contributed by atoms with Crippen LogP contribution in [0.4, 0.5) is 0 Å². The zero-order chi connectivity index (χ0) is 10.8. The smallest absolute Gasteiger partial charge is 0.0196 e. The first kappa shape index (κ1) is 12.0. The van der Waals surface area contributed by atoms with Gasteiger partial charge in [0.15, 0.2) is 0 Å². The van der Waals surface area contributed by atoms with E-state index in [-0.39, 0.29) is 0 Å². The summed E-state index contributed by atoms with van der Waals surface area (Å²) < 4.78 is 0. The van der Waals surface area contributed by atoms with Gasteiger partial charge in [-0.2, -0.15) is 0 Å². The molecule has 84 valence electrons. The quantitative estimate of drug-likeness (QED) is 0.670. The van der Waals surface area contributed by atoms with E-state index in [4.69, 9.17) is 0 Å². The van der Waals surface area contributed by atoms with E-state index in [9.17, 15) is 0 Å². The second kappa shape index (κ2) is 4.65. The monoisotopic (exact) mass is 197 g/mol. The first-order valence-corrected chi connectivity index (χ1v) is 6.16. The Labute approximate surface area is 89.7 Å². The highest BCUT2D eigenvalue weighted by molar-refractivity contribution is 4.89. The van der Waals surface area contributed by atoms with E-state index in [1.165, 1.54) is 25.8 Å². The summed E-state index contributed by atoms with van der Waals surface area (Å²) in [5.74, 6) is 1.77. The molecule has 0 bridgehead atoms. The molecule has 0 amide bonds. The Kier molecular flexibility index (Phi) is 4.00. The molecule has 1 fully saturated rings. The largest absolute Gasteiger partial charge is 0.311 e. The summed E-state index contributed by atoms with van der Waals surface area (Å²) in [7, 11) is 0. The van der Waals surface area contributed by atoms with Gasteiger partial charge >= 0.3 is 0 Å². The molecule has 0 spiro atoms. The van der Waals surface area contributed by atoms with Crippen LogP contribution in [-0.4, -0.2) is 12.6 Å². The highest BCUT2D eigenvalue weighted by Crippen LogP contribution is 2.36. The van der Waals surface area contributed by atoms with Gasteiger partial charge in [-0.05, 0) is 30.1 Å². The molecule has 1 aliphatic rings. The van der Waals surface area contributed by atoms with Crippen molar-refractivity contribution >= 4 is 0 Å². The lowest BCUT2D eigenvalue weighted by Gasteiger charge is -2.32. The summed E-state index contributed by atoms with van der Waals surface area (Å²) >= 11 is 0. The van der Waals surface area contributed by atoms with E-state index in [2.05, 4.69) is 39.9 Å². The topological polar surface area (TPSA) is 21.9 Å². The standard InChI is InChI=1S/C13H27N/c1-6-10(2)7-11(13(3,4)5)8-12-9-14-12/h10-12,14H,6-9H2,1-5H3. The Hall–Kier alpha value is -0.0400. The van der Waals surface area contributed by atoms with E-state index in [0.29, 0.717) is 5.41 Å². The maximum Gasteiger partial charge on any atom is 0.0196 e. The van der Waals surface area contributed by atoms with Crippen LogP contribution in [0.1, 0.15) is 53.9 Å². The molecule has 1 heteroatoms. The first-order valence-electron chi connectivity index (χ1n) is 6.16. The van der Waals surface area contributed by atoms with Crippen molar-refractivity contribution in [2.24, 2.45) is 17.3 Å². The van der Waals surface area contributed by atoms with Crippen LogP contribution >= 0.6 is 0 Å². The highest BCUT2D eigenvalue weighted by Gasteiger charge is 2.32. The normalized spacial score (nSPS) is 25.9. The summed E-state index contributed by atoms with van der Waals surface area (Å²) in [4.78, 5) is 0. The SMILES string of the molecule is CCC(C)CC(CC1CN1)C(C)(C)C. The van der Waals surface area contributed by atoms with Gasteiger partial charge in [-0.3, -0.25) is 0 Å². The van der Waals surface area contributed by atoms with E-state index in [1.54, 1.807) is 0 Å². The number of rotatable bonds is 5. The van der Waals surface area contributed by atoms with Crippen LogP contribution in [0.2, 0.25) is 0 Å². The molecule has 0 saturated carbocycles. The van der Waals surface area contributed by atoms with Crippen LogP contribution in [-0.2, 0) is 0 Å². The maximum atomic E-state index is 3.43. The second-order valence-electron chi connectivity index (χ2n) is 6.15. The third kappa shape index (κ3) is 4.00. The molecular formula is C13H27N. The molecule has 1 heterocycles. The molecule has 0 aliphatic carbocycles. The van der Waals surface area contributed by atoms with E-state index < -0.39 is 0 Å². The first-order chi connectivity index (χ1) is 6.43. The van der Waals surface area contributed by atoms with Crippen LogP contribution in [0.15, 0.2) is 0 Å². The van der Waals surface area contributed by atoms with Crippen molar-refractivity contribution in [2.45, 2.75) is 59.9 Å². The molecule has 1 N–H and O–H groups in total. The van der Waals surface area contributed by atoms with Gasteiger partial charge < -0.3 is 5.32 Å². The minimum atomic E-state index is 0.480. The highest BCUT2D eigenvalue weighted by atomic mass is 15.1. The number of hydrogen-bond donors (Lipinski definition) is 1. The van der Waals surface area contributed by atoms with Gasteiger partial charge in [0, 0.05) is 12.6 Å². The fraction of sp³-hybridized carbons (Fsp3) is 1.00. The molecular weight excluding hydrogens is 170 g/mol. The van der Waals surface area contributed by atoms with Crippen LogP contribution in [0.5, 0.6) is 0 Å². The fourth-order valence-electron chi connectivity index (χ4n) is 2.05. The predicted octanol–water partition coefficient (Wildman–Crippen LogP) is 3.45. The Morgan fingerprint density at radius 2 is 1.93 bits per heavy atom. The Morgan fingerprint density at radius 1 is 1.36 bits per heavy atom. The molecule has 1 aliphatic heterocycles. The molecule has 1 rings (SSSR count). The Morgan fingerprint density at radius 3 is 2.29 bits per heavy atom. The van der Waals surface area contributed by atoms with Gasteiger partial charge in [-0.1, -0.05) is 41.0 Å². The number of hydrogen-bond acceptors (Lipinski definition) is 1. The van der Waals surface area contributed by atoms with Crippen molar-refractivity contribution in [3.8, 4) is 0 Å². The van der Waals surface area contributed by atoms with Crippen molar-refractivity contribution in [1.82, 2.24) is 5.32 Å². The van der Waals surface area contributed by atoms with Crippen molar-refractivity contribution in [2.75, 3.05) is 6.54 Å². The maximum absolute atomic E-state index is 3.43. The third-order valence-corrected chi connectivity index (χ3v) is 3.67. The molecule has 0 aromatic carbocycles. The van der Waals surface area contributed by atoms with Gasteiger partial charge in [0.05, 0.1) is 0 Å². The molecule has 3 atom stereocenters. The Balaban J connectivity index is 2.42. The van der Waals surface area contributed by atoms with Gasteiger partial charge in [-0.15, -0.1) is 0 Å². The van der Waals surface area contributed by atoms with Crippen molar-refractivity contribution in [3.05, 3.63) is 0 Å². The minimum Gasteiger partial charge on any atom is -0.311 e. The lowest BCUT2D eigenvalue weighted by atomic mass is 9.73. The second-order valence-corrected chi connectivity index (χ2v) is 6.15. The van der Waals surface area contributed by atoms with Crippen molar-refractivity contribution < 1.29 is 0 Å². The summed E-state index contributed by atoms with van der Waals surface area (Å²) in [5, 5.41) is 3.43. The summed E-state index contributed by atoms with van der Waals surface area (Å²) in [5.41, 5.74) is 0.480. The summed E-state index contributed by atoms with van der Waals surface area (Å²) in [6, 6.07) is 0.836. The van der Waals surface area contributed by atoms with Gasteiger partial charge in [-0.25, -0.2) is 0 Å². The van der Waals surface area contributed by atoms with E-state index in [0.717, 1.165) is 17.9 Å². The van der Waals surface area contributed by atoms with E-state index in [1.807, 2.05) is 0 Å². The third-order valence-electron chi connectivity index (χ3n) is 3.67. The van der Waals surface area contributed by atoms with Crippen LogP contribution in [0.3, 0.4) is 0 Å². The van der Waals surface area contributed by atoms with Gasteiger partial charge in [0.2, 0.25) is 0 Å². The molecule has 0 radical (unpaired) electrons. The number of nitrogens with one attached hydrogen (secondary N) is 1. The van der Waals surface area contributed by atoms with Crippen LogP contribution < -0.4 is 5.32 Å². The molecule has 14 heavy (non-hydrogen) atoms. The van der Waals surface area contributed by atoms with Crippen LogP contribution in [0, 0.1) is 17.3 Å². The Bertz CT molecular complexity index is 165. The molecule has 0 aromatic rings. The van der Waals surface area contributed by atoms with Crippen molar-refractivity contribution in [1.29, 1.82) is 0 Å². The van der Waals surface area contributed by atoms with Gasteiger partial charge in [0.25, 0.3) is 0 Å².